The Hall–Kier alpha value is -1.32. The highest BCUT2D eigenvalue weighted by Crippen LogP contribution is 2.31. The fourth-order valence-corrected chi connectivity index (χ4v) is 2.22. The smallest absolute Gasteiger partial charge is 0.408 e. The van der Waals surface area contributed by atoms with Crippen LogP contribution in [0.3, 0.4) is 0 Å². The van der Waals surface area contributed by atoms with Crippen molar-refractivity contribution in [3.05, 3.63) is 12.2 Å². The number of nitrogens with one attached hydrogen (secondary N) is 1. The molecule has 1 N–H and O–H groups in total. The van der Waals surface area contributed by atoms with Gasteiger partial charge in [0.1, 0.15) is 11.1 Å². The van der Waals surface area contributed by atoms with Gasteiger partial charge < -0.3 is 10.1 Å². The van der Waals surface area contributed by atoms with Gasteiger partial charge in [-0.3, -0.25) is 4.79 Å². The van der Waals surface area contributed by atoms with Crippen LogP contribution >= 0.6 is 0 Å². The predicted octanol–water partition coefficient (Wildman–Crippen LogP) is 2.97. The van der Waals surface area contributed by atoms with Crippen LogP contribution in [0.15, 0.2) is 12.2 Å². The highest BCUT2D eigenvalue weighted by molar-refractivity contribution is 6.00. The molecule has 4 heteroatoms. The first-order valence-electron chi connectivity index (χ1n) is 6.47. The van der Waals surface area contributed by atoms with E-state index in [4.69, 9.17) is 4.74 Å². The molecule has 1 amide bonds. The Bertz CT molecular complexity index is 347. The van der Waals surface area contributed by atoms with Gasteiger partial charge in [0.25, 0.3) is 0 Å². The van der Waals surface area contributed by atoms with E-state index in [9.17, 15) is 9.59 Å². The molecule has 0 saturated heterocycles. The van der Waals surface area contributed by atoms with Gasteiger partial charge in [-0.2, -0.15) is 0 Å². The van der Waals surface area contributed by atoms with Gasteiger partial charge in [0, 0.05) is 0 Å². The lowest BCUT2D eigenvalue weighted by Crippen LogP contribution is -2.53. The number of rotatable bonds is 3. The largest absolute Gasteiger partial charge is 0.444 e. The summed E-state index contributed by atoms with van der Waals surface area (Å²) in [6.45, 7) is 7.22. The van der Waals surface area contributed by atoms with E-state index < -0.39 is 17.2 Å². The Labute approximate surface area is 109 Å². The number of ketones is 1. The molecule has 0 heterocycles. The van der Waals surface area contributed by atoms with Gasteiger partial charge in [-0.25, -0.2) is 4.79 Å². The first kappa shape index (κ1) is 14.7. The second-order valence-corrected chi connectivity index (χ2v) is 5.78. The van der Waals surface area contributed by atoms with E-state index in [1.807, 2.05) is 20.8 Å². The molecule has 0 atom stereocenters. The van der Waals surface area contributed by atoms with E-state index in [0.29, 0.717) is 12.8 Å². The van der Waals surface area contributed by atoms with Crippen molar-refractivity contribution in [2.75, 3.05) is 0 Å². The fraction of sp³-hybridized carbons (Fsp3) is 0.714. The lowest BCUT2D eigenvalue weighted by atomic mass is 9.92. The van der Waals surface area contributed by atoms with Crippen LogP contribution in [0.25, 0.3) is 0 Å². The second kappa shape index (κ2) is 5.55. The summed E-state index contributed by atoms with van der Waals surface area (Å²) in [5.74, 6) is -0.0339. The molecular formula is C14H23NO3. The summed E-state index contributed by atoms with van der Waals surface area (Å²) in [6, 6.07) is 0. The Morgan fingerprint density at radius 2 is 1.78 bits per heavy atom. The molecule has 0 bridgehead atoms. The molecule has 1 rings (SSSR count). The molecule has 102 valence electrons. The molecule has 0 spiro atoms. The van der Waals surface area contributed by atoms with Crippen LogP contribution in [0, 0.1) is 0 Å². The first-order valence-corrected chi connectivity index (χ1v) is 6.47. The monoisotopic (exact) mass is 253 g/mol. The Morgan fingerprint density at radius 1 is 1.22 bits per heavy atom. The van der Waals surface area contributed by atoms with Crippen molar-refractivity contribution < 1.29 is 14.3 Å². The molecule has 0 aromatic heterocycles. The molecule has 1 aliphatic carbocycles. The Balaban J connectivity index is 2.75. The molecule has 0 aromatic carbocycles. The SMILES string of the molecule is C/C=C/C(=O)C1(NC(=O)OC(C)(C)C)CCCC1. The van der Waals surface area contributed by atoms with Crippen molar-refractivity contribution in [1.82, 2.24) is 5.32 Å². The normalized spacial score (nSPS) is 18.9. The van der Waals surface area contributed by atoms with Gasteiger partial charge in [0.2, 0.25) is 0 Å². The van der Waals surface area contributed by atoms with Crippen molar-refractivity contribution >= 4 is 11.9 Å². The third kappa shape index (κ3) is 3.86. The maximum atomic E-state index is 12.1. The zero-order valence-electron chi connectivity index (χ0n) is 11.7. The van der Waals surface area contributed by atoms with Crippen LogP contribution in [0.4, 0.5) is 4.79 Å². The molecule has 4 nitrogen and oxygen atoms in total. The molecule has 1 saturated carbocycles. The third-order valence-corrected chi connectivity index (χ3v) is 2.99. The summed E-state index contributed by atoms with van der Waals surface area (Å²) in [5.41, 5.74) is -1.30. The Kier molecular flexibility index (Phi) is 4.54. The van der Waals surface area contributed by atoms with Gasteiger partial charge in [-0.1, -0.05) is 18.9 Å². The summed E-state index contributed by atoms with van der Waals surface area (Å²) in [4.78, 5) is 23.9. The number of carbonyl (C=O) groups excluding carboxylic acids is 2. The zero-order valence-corrected chi connectivity index (χ0v) is 11.7. The van der Waals surface area contributed by atoms with Crippen LogP contribution in [-0.2, 0) is 9.53 Å². The number of hydrogen-bond donors (Lipinski definition) is 1. The molecule has 0 unspecified atom stereocenters. The molecule has 1 aliphatic rings. The summed E-state index contributed by atoms with van der Waals surface area (Å²) in [5, 5.41) is 2.77. The standard InChI is InChI=1S/C14H23NO3/c1-5-8-11(16)14(9-6-7-10-14)15-12(17)18-13(2,3)4/h5,8H,6-7,9-10H2,1-4H3,(H,15,17)/b8-5+. The highest BCUT2D eigenvalue weighted by atomic mass is 16.6. The van der Waals surface area contributed by atoms with E-state index in [1.165, 1.54) is 6.08 Å². The van der Waals surface area contributed by atoms with E-state index >= 15 is 0 Å². The second-order valence-electron chi connectivity index (χ2n) is 5.78. The zero-order chi connectivity index (χ0) is 13.8. The minimum Gasteiger partial charge on any atom is -0.444 e. The van der Waals surface area contributed by atoms with Crippen molar-refractivity contribution in [1.29, 1.82) is 0 Å². The number of hydrogen-bond acceptors (Lipinski definition) is 3. The van der Waals surface area contributed by atoms with Gasteiger partial charge in [-0.15, -0.1) is 0 Å². The number of allylic oxidation sites excluding steroid dienone is 1. The van der Waals surface area contributed by atoms with Crippen LogP contribution < -0.4 is 5.32 Å². The van der Waals surface area contributed by atoms with Crippen molar-refractivity contribution in [3.63, 3.8) is 0 Å². The average molecular weight is 253 g/mol. The number of alkyl carbamates (subject to hydrolysis) is 1. The predicted molar refractivity (Wildman–Crippen MR) is 70.4 cm³/mol. The lowest BCUT2D eigenvalue weighted by molar-refractivity contribution is -0.120. The van der Waals surface area contributed by atoms with Crippen LogP contribution in [0.1, 0.15) is 53.4 Å². The lowest BCUT2D eigenvalue weighted by Gasteiger charge is -2.29. The Morgan fingerprint density at radius 3 is 2.22 bits per heavy atom. The van der Waals surface area contributed by atoms with E-state index in [0.717, 1.165) is 12.8 Å². The van der Waals surface area contributed by atoms with E-state index in [1.54, 1.807) is 13.0 Å². The van der Waals surface area contributed by atoms with Gasteiger partial charge in [0.15, 0.2) is 5.78 Å². The van der Waals surface area contributed by atoms with E-state index in [2.05, 4.69) is 5.32 Å². The maximum Gasteiger partial charge on any atom is 0.408 e. The van der Waals surface area contributed by atoms with Gasteiger partial charge in [-0.05, 0) is 46.6 Å². The maximum absolute atomic E-state index is 12.1. The molecule has 1 fully saturated rings. The fourth-order valence-electron chi connectivity index (χ4n) is 2.22. The number of carbonyl (C=O) groups is 2. The van der Waals surface area contributed by atoms with Crippen molar-refractivity contribution in [3.8, 4) is 0 Å². The van der Waals surface area contributed by atoms with Gasteiger partial charge >= 0.3 is 6.09 Å². The molecule has 0 aromatic rings. The first-order chi connectivity index (χ1) is 8.29. The minimum atomic E-state index is -0.755. The quantitative estimate of drug-likeness (QED) is 0.787. The van der Waals surface area contributed by atoms with Crippen LogP contribution in [-0.4, -0.2) is 23.0 Å². The minimum absolute atomic E-state index is 0.0339. The molecule has 18 heavy (non-hydrogen) atoms. The molecule has 0 radical (unpaired) electrons. The highest BCUT2D eigenvalue weighted by Gasteiger charge is 2.41. The van der Waals surface area contributed by atoms with Crippen LogP contribution in [0.2, 0.25) is 0 Å². The summed E-state index contributed by atoms with van der Waals surface area (Å²) >= 11 is 0. The third-order valence-electron chi connectivity index (χ3n) is 2.99. The summed E-state index contributed by atoms with van der Waals surface area (Å²) < 4.78 is 5.23. The van der Waals surface area contributed by atoms with Crippen molar-refractivity contribution in [2.45, 2.75) is 64.5 Å². The number of amides is 1. The summed E-state index contributed by atoms with van der Waals surface area (Å²) in [6.07, 6.45) is 6.02. The van der Waals surface area contributed by atoms with Crippen LogP contribution in [0.5, 0.6) is 0 Å². The summed E-state index contributed by atoms with van der Waals surface area (Å²) in [7, 11) is 0. The molecular weight excluding hydrogens is 230 g/mol. The topological polar surface area (TPSA) is 55.4 Å². The number of ether oxygens (including phenoxy) is 1. The molecule has 0 aliphatic heterocycles. The van der Waals surface area contributed by atoms with Gasteiger partial charge in [0.05, 0.1) is 0 Å². The average Bonchev–Trinajstić information content (AvgIpc) is 2.64. The van der Waals surface area contributed by atoms with Crippen molar-refractivity contribution in [2.24, 2.45) is 0 Å². The van der Waals surface area contributed by atoms with E-state index in [-0.39, 0.29) is 5.78 Å².